The number of carbonyl (C=O) groups excluding carboxylic acids is 1. The molecule has 5 nitrogen and oxygen atoms in total. The summed E-state index contributed by atoms with van der Waals surface area (Å²) in [4.78, 5) is 19.8. The maximum atomic E-state index is 11.8. The number of aryl methyl sites for hydroxylation is 1. The molecule has 0 amide bonds. The average Bonchev–Trinajstić information content (AvgIpc) is 2.45. The summed E-state index contributed by atoms with van der Waals surface area (Å²) < 4.78 is 11.3. The van der Waals surface area contributed by atoms with Gasteiger partial charge in [0.2, 0.25) is 0 Å². The molecule has 0 saturated carbocycles. The molecule has 104 valence electrons. The van der Waals surface area contributed by atoms with Gasteiger partial charge in [0.15, 0.2) is 5.69 Å². The third-order valence-corrected chi connectivity index (χ3v) is 3.08. The largest absolute Gasteiger partial charge is 0.496 e. The first-order chi connectivity index (χ1) is 9.60. The Hall–Kier alpha value is -1.95. The summed E-state index contributed by atoms with van der Waals surface area (Å²) in [6.07, 6.45) is 2.92. The van der Waals surface area contributed by atoms with Gasteiger partial charge in [0.05, 0.1) is 19.0 Å². The Morgan fingerprint density at radius 2 is 2.10 bits per heavy atom. The van der Waals surface area contributed by atoms with Crippen molar-refractivity contribution in [3.05, 3.63) is 52.0 Å². The maximum absolute atomic E-state index is 11.8. The molecular formula is C14H13BrN2O3. The highest BCUT2D eigenvalue weighted by molar-refractivity contribution is 9.10. The summed E-state index contributed by atoms with van der Waals surface area (Å²) in [6, 6.07) is 5.50. The Bertz CT molecular complexity index is 614. The number of hydrogen-bond donors (Lipinski definition) is 0. The van der Waals surface area contributed by atoms with Crippen molar-refractivity contribution < 1.29 is 14.3 Å². The minimum atomic E-state index is -0.514. The monoisotopic (exact) mass is 336 g/mol. The van der Waals surface area contributed by atoms with Gasteiger partial charge in [0.1, 0.15) is 12.4 Å². The molecule has 0 aliphatic heterocycles. The smallest absolute Gasteiger partial charge is 0.358 e. The zero-order valence-electron chi connectivity index (χ0n) is 11.1. The molecule has 20 heavy (non-hydrogen) atoms. The third-order valence-electron chi connectivity index (χ3n) is 2.59. The number of hydrogen-bond acceptors (Lipinski definition) is 5. The number of ether oxygens (including phenoxy) is 2. The number of esters is 1. The van der Waals surface area contributed by atoms with Gasteiger partial charge >= 0.3 is 5.97 Å². The van der Waals surface area contributed by atoms with Crippen molar-refractivity contribution in [2.75, 3.05) is 7.11 Å². The Balaban J connectivity index is 2.06. The number of methoxy groups -OCH3 is 1. The van der Waals surface area contributed by atoms with Crippen LogP contribution in [0, 0.1) is 6.92 Å². The Labute approximate surface area is 125 Å². The van der Waals surface area contributed by atoms with E-state index >= 15 is 0 Å². The molecule has 0 atom stereocenters. The SMILES string of the molecule is COc1ccc(Br)cc1COC(=O)c1cnc(C)cn1. The fourth-order valence-electron chi connectivity index (χ4n) is 1.58. The summed E-state index contributed by atoms with van der Waals surface area (Å²) >= 11 is 3.37. The van der Waals surface area contributed by atoms with E-state index in [0.29, 0.717) is 5.75 Å². The zero-order chi connectivity index (χ0) is 14.5. The molecule has 2 rings (SSSR count). The molecule has 0 N–H and O–H groups in total. The molecule has 0 spiro atoms. The lowest BCUT2D eigenvalue weighted by Crippen LogP contribution is -2.08. The quantitative estimate of drug-likeness (QED) is 0.803. The maximum Gasteiger partial charge on any atom is 0.358 e. The van der Waals surface area contributed by atoms with Gasteiger partial charge in [-0.2, -0.15) is 0 Å². The number of halogens is 1. The first kappa shape index (κ1) is 14.5. The second kappa shape index (κ2) is 6.47. The van der Waals surface area contributed by atoms with Crippen LogP contribution in [-0.4, -0.2) is 23.0 Å². The standard InChI is InChI=1S/C14H13BrN2O3/c1-9-6-17-12(7-16-9)14(18)20-8-10-5-11(15)3-4-13(10)19-2/h3-7H,8H2,1-2H3. The van der Waals surface area contributed by atoms with Gasteiger partial charge in [-0.25, -0.2) is 9.78 Å². The molecule has 0 unspecified atom stereocenters. The van der Waals surface area contributed by atoms with E-state index in [0.717, 1.165) is 15.7 Å². The first-order valence-corrected chi connectivity index (χ1v) is 6.67. The average molecular weight is 337 g/mol. The summed E-state index contributed by atoms with van der Waals surface area (Å²) in [6.45, 7) is 1.91. The third kappa shape index (κ3) is 3.54. The van der Waals surface area contributed by atoms with Gasteiger partial charge in [-0.05, 0) is 25.1 Å². The normalized spacial score (nSPS) is 10.2. The molecule has 1 aromatic heterocycles. The molecule has 0 radical (unpaired) electrons. The lowest BCUT2D eigenvalue weighted by Gasteiger charge is -2.09. The molecule has 2 aromatic rings. The van der Waals surface area contributed by atoms with Crippen LogP contribution in [0.2, 0.25) is 0 Å². The van der Waals surface area contributed by atoms with Crippen molar-refractivity contribution in [1.29, 1.82) is 0 Å². The predicted octanol–water partition coefficient (Wildman–Crippen LogP) is 2.91. The molecule has 1 aromatic carbocycles. The molecule has 0 bridgehead atoms. The van der Waals surface area contributed by atoms with Crippen LogP contribution < -0.4 is 4.74 Å². The van der Waals surface area contributed by atoms with E-state index in [9.17, 15) is 4.79 Å². The van der Waals surface area contributed by atoms with Crippen LogP contribution in [0.1, 0.15) is 21.7 Å². The van der Waals surface area contributed by atoms with Gasteiger partial charge < -0.3 is 9.47 Å². The summed E-state index contributed by atoms with van der Waals surface area (Å²) in [5.41, 5.74) is 1.70. The molecule has 0 aliphatic carbocycles. The lowest BCUT2D eigenvalue weighted by atomic mass is 10.2. The summed E-state index contributed by atoms with van der Waals surface area (Å²) in [7, 11) is 1.57. The number of rotatable bonds is 4. The summed E-state index contributed by atoms with van der Waals surface area (Å²) in [5.74, 6) is 0.149. The van der Waals surface area contributed by atoms with Crippen LogP contribution in [-0.2, 0) is 11.3 Å². The van der Waals surface area contributed by atoms with Crippen molar-refractivity contribution in [2.24, 2.45) is 0 Å². The van der Waals surface area contributed by atoms with Crippen LogP contribution in [0.4, 0.5) is 0 Å². The van der Waals surface area contributed by atoms with Crippen molar-refractivity contribution in [3.63, 3.8) is 0 Å². The van der Waals surface area contributed by atoms with Crippen molar-refractivity contribution >= 4 is 21.9 Å². The second-order valence-corrected chi connectivity index (χ2v) is 4.99. The molecule has 0 aliphatic rings. The van der Waals surface area contributed by atoms with Gasteiger partial charge in [0.25, 0.3) is 0 Å². The Kier molecular flexibility index (Phi) is 4.68. The number of carbonyl (C=O) groups is 1. The highest BCUT2D eigenvalue weighted by atomic mass is 79.9. The van der Waals surface area contributed by atoms with E-state index in [1.54, 1.807) is 20.1 Å². The minimum Gasteiger partial charge on any atom is -0.496 e. The summed E-state index contributed by atoms with van der Waals surface area (Å²) in [5, 5.41) is 0. The first-order valence-electron chi connectivity index (χ1n) is 5.88. The van der Waals surface area contributed by atoms with Crippen LogP contribution in [0.5, 0.6) is 5.75 Å². The van der Waals surface area contributed by atoms with Crippen LogP contribution in [0.25, 0.3) is 0 Å². The van der Waals surface area contributed by atoms with Gasteiger partial charge in [-0.3, -0.25) is 4.98 Å². The van der Waals surface area contributed by atoms with E-state index in [2.05, 4.69) is 25.9 Å². The Morgan fingerprint density at radius 3 is 2.75 bits per heavy atom. The van der Waals surface area contributed by atoms with Crippen LogP contribution >= 0.6 is 15.9 Å². The predicted molar refractivity (Wildman–Crippen MR) is 76.6 cm³/mol. The molecule has 6 heteroatoms. The fourth-order valence-corrected chi connectivity index (χ4v) is 1.98. The topological polar surface area (TPSA) is 61.3 Å². The van der Waals surface area contributed by atoms with Crippen molar-refractivity contribution in [3.8, 4) is 5.75 Å². The van der Waals surface area contributed by atoms with Crippen LogP contribution in [0.15, 0.2) is 35.1 Å². The second-order valence-electron chi connectivity index (χ2n) is 4.08. The highest BCUT2D eigenvalue weighted by Gasteiger charge is 2.11. The fraction of sp³-hybridized carbons (Fsp3) is 0.214. The number of benzene rings is 1. The van der Waals surface area contributed by atoms with E-state index in [1.165, 1.54) is 12.4 Å². The molecule has 1 heterocycles. The molecular weight excluding hydrogens is 324 g/mol. The van der Waals surface area contributed by atoms with Gasteiger partial charge in [0, 0.05) is 16.2 Å². The van der Waals surface area contributed by atoms with E-state index in [4.69, 9.17) is 9.47 Å². The highest BCUT2D eigenvalue weighted by Crippen LogP contribution is 2.23. The zero-order valence-corrected chi connectivity index (χ0v) is 12.7. The lowest BCUT2D eigenvalue weighted by molar-refractivity contribution is 0.0462. The molecule has 0 saturated heterocycles. The molecule has 0 fully saturated rings. The minimum absolute atomic E-state index is 0.108. The van der Waals surface area contributed by atoms with Gasteiger partial charge in [-0.1, -0.05) is 15.9 Å². The van der Waals surface area contributed by atoms with E-state index in [1.807, 2.05) is 12.1 Å². The number of nitrogens with zero attached hydrogens (tertiary/aromatic N) is 2. The number of aromatic nitrogens is 2. The van der Waals surface area contributed by atoms with E-state index < -0.39 is 5.97 Å². The van der Waals surface area contributed by atoms with E-state index in [-0.39, 0.29) is 12.3 Å². The van der Waals surface area contributed by atoms with Crippen molar-refractivity contribution in [2.45, 2.75) is 13.5 Å². The van der Waals surface area contributed by atoms with Gasteiger partial charge in [-0.15, -0.1) is 0 Å². The van der Waals surface area contributed by atoms with Crippen molar-refractivity contribution in [1.82, 2.24) is 9.97 Å². The van der Waals surface area contributed by atoms with Crippen LogP contribution in [0.3, 0.4) is 0 Å². The Morgan fingerprint density at radius 1 is 1.30 bits per heavy atom.